The quantitative estimate of drug-likeness (QED) is 0.787. The first kappa shape index (κ1) is 12.9. The van der Waals surface area contributed by atoms with Crippen LogP contribution in [0.1, 0.15) is 9.75 Å². The van der Waals surface area contributed by atoms with Crippen molar-refractivity contribution in [2.75, 3.05) is 26.2 Å². The summed E-state index contributed by atoms with van der Waals surface area (Å²) >= 11 is 1.86. The average Bonchev–Trinajstić information content (AvgIpc) is 3.01. The summed E-state index contributed by atoms with van der Waals surface area (Å²) in [5, 5.41) is 0. The van der Waals surface area contributed by atoms with Gasteiger partial charge in [0.05, 0.1) is 5.92 Å². The van der Waals surface area contributed by atoms with Gasteiger partial charge in [-0.25, -0.2) is 0 Å². The Morgan fingerprint density at radius 2 is 2.26 bits per heavy atom. The van der Waals surface area contributed by atoms with E-state index in [1.807, 2.05) is 22.3 Å². The van der Waals surface area contributed by atoms with Gasteiger partial charge in [0.1, 0.15) is 0 Å². The molecule has 3 nitrogen and oxygen atoms in total. The van der Waals surface area contributed by atoms with Crippen LogP contribution in [0, 0.1) is 18.8 Å². The maximum Gasteiger partial charge on any atom is 0.227 e. The third-order valence-electron chi connectivity index (χ3n) is 4.13. The second-order valence-electron chi connectivity index (χ2n) is 5.60. The molecule has 0 N–H and O–H groups in total. The molecule has 0 aliphatic carbocycles. The molecule has 1 aromatic heterocycles. The standard InChI is InChI=1S/C15H20N2OS/c1-3-6-17-8-12-7-16(10-14(12)15(17)18)9-13-5-4-11(2)19-13/h3-5,12,14H,1,6-10H2,2H3/t12-,14-/m1/s1. The molecule has 2 aliphatic rings. The Kier molecular flexibility index (Phi) is 3.46. The molecule has 3 heterocycles. The van der Waals surface area contributed by atoms with Gasteiger partial charge in [-0.3, -0.25) is 9.69 Å². The minimum Gasteiger partial charge on any atom is -0.338 e. The van der Waals surface area contributed by atoms with E-state index in [9.17, 15) is 4.79 Å². The average molecular weight is 276 g/mol. The van der Waals surface area contributed by atoms with Gasteiger partial charge in [-0.15, -0.1) is 17.9 Å². The van der Waals surface area contributed by atoms with Crippen LogP contribution in [0.2, 0.25) is 0 Å². The van der Waals surface area contributed by atoms with Gasteiger partial charge < -0.3 is 4.90 Å². The second kappa shape index (κ2) is 5.10. The lowest BCUT2D eigenvalue weighted by molar-refractivity contribution is -0.130. The molecule has 4 heteroatoms. The van der Waals surface area contributed by atoms with Crippen LogP contribution < -0.4 is 0 Å². The zero-order valence-electron chi connectivity index (χ0n) is 11.3. The van der Waals surface area contributed by atoms with Crippen molar-refractivity contribution in [2.45, 2.75) is 13.5 Å². The van der Waals surface area contributed by atoms with Crippen molar-refractivity contribution < 1.29 is 4.79 Å². The van der Waals surface area contributed by atoms with Gasteiger partial charge in [0.25, 0.3) is 0 Å². The molecular weight excluding hydrogens is 256 g/mol. The highest BCUT2D eigenvalue weighted by Gasteiger charge is 2.45. The summed E-state index contributed by atoms with van der Waals surface area (Å²) in [6.07, 6.45) is 1.82. The van der Waals surface area contributed by atoms with Gasteiger partial charge in [-0.2, -0.15) is 0 Å². The van der Waals surface area contributed by atoms with Gasteiger partial charge in [-0.05, 0) is 19.1 Å². The van der Waals surface area contributed by atoms with Crippen LogP contribution in [-0.2, 0) is 11.3 Å². The highest BCUT2D eigenvalue weighted by molar-refractivity contribution is 7.11. The number of likely N-dealkylation sites (tertiary alicyclic amines) is 2. The van der Waals surface area contributed by atoms with Crippen LogP contribution in [0.15, 0.2) is 24.8 Å². The summed E-state index contributed by atoms with van der Waals surface area (Å²) in [5.74, 6) is 1.07. The summed E-state index contributed by atoms with van der Waals surface area (Å²) < 4.78 is 0. The number of amides is 1. The fourth-order valence-electron chi connectivity index (χ4n) is 3.27. The number of hydrogen-bond acceptors (Lipinski definition) is 3. The van der Waals surface area contributed by atoms with Crippen LogP contribution in [0.5, 0.6) is 0 Å². The van der Waals surface area contributed by atoms with Crippen LogP contribution in [0.4, 0.5) is 0 Å². The van der Waals surface area contributed by atoms with Gasteiger partial charge in [0, 0.05) is 48.4 Å². The van der Waals surface area contributed by atoms with Crippen LogP contribution in [0.25, 0.3) is 0 Å². The maximum atomic E-state index is 12.2. The zero-order valence-corrected chi connectivity index (χ0v) is 12.2. The number of carbonyl (C=O) groups excluding carboxylic acids is 1. The van der Waals surface area contributed by atoms with E-state index in [0.29, 0.717) is 18.4 Å². The smallest absolute Gasteiger partial charge is 0.227 e. The lowest BCUT2D eigenvalue weighted by Gasteiger charge is -2.20. The molecule has 102 valence electrons. The van der Waals surface area contributed by atoms with E-state index >= 15 is 0 Å². The lowest BCUT2D eigenvalue weighted by atomic mass is 10.0. The topological polar surface area (TPSA) is 23.6 Å². The van der Waals surface area contributed by atoms with Crippen molar-refractivity contribution in [2.24, 2.45) is 11.8 Å². The predicted octanol–water partition coefficient (Wildman–Crippen LogP) is 2.13. The fraction of sp³-hybridized carbons (Fsp3) is 0.533. The van der Waals surface area contributed by atoms with E-state index in [4.69, 9.17) is 0 Å². The number of carbonyl (C=O) groups is 1. The summed E-state index contributed by atoms with van der Waals surface area (Å²) in [4.78, 5) is 19.4. The molecule has 0 unspecified atom stereocenters. The first-order valence-corrected chi connectivity index (χ1v) is 7.66. The highest BCUT2D eigenvalue weighted by Crippen LogP contribution is 2.33. The number of nitrogens with zero attached hydrogens (tertiary/aromatic N) is 2. The Bertz CT molecular complexity index is 496. The van der Waals surface area contributed by atoms with Gasteiger partial charge in [0.2, 0.25) is 5.91 Å². The summed E-state index contributed by atoms with van der Waals surface area (Å²) in [5.41, 5.74) is 0. The molecular formula is C15H20N2OS. The molecule has 2 aliphatic heterocycles. The molecule has 1 aromatic rings. The van der Waals surface area contributed by atoms with E-state index in [-0.39, 0.29) is 5.92 Å². The van der Waals surface area contributed by atoms with Crippen LogP contribution >= 0.6 is 11.3 Å². The summed E-state index contributed by atoms with van der Waals surface area (Å²) in [6.45, 7) is 10.5. The molecule has 2 atom stereocenters. The third-order valence-corrected chi connectivity index (χ3v) is 5.11. The molecule has 0 radical (unpaired) electrons. The molecule has 0 bridgehead atoms. The molecule has 3 rings (SSSR count). The van der Waals surface area contributed by atoms with E-state index in [1.165, 1.54) is 9.75 Å². The monoisotopic (exact) mass is 276 g/mol. The van der Waals surface area contributed by atoms with E-state index in [2.05, 4.69) is 30.5 Å². The zero-order chi connectivity index (χ0) is 13.4. The molecule has 1 amide bonds. The van der Waals surface area contributed by atoms with Crippen molar-refractivity contribution in [3.05, 3.63) is 34.5 Å². The molecule has 0 saturated carbocycles. The SMILES string of the molecule is C=CCN1C[C@H]2CN(Cc3ccc(C)s3)C[C@H]2C1=O. The van der Waals surface area contributed by atoms with Crippen LogP contribution in [0.3, 0.4) is 0 Å². The third kappa shape index (κ3) is 2.47. The normalized spacial score (nSPS) is 27.0. The second-order valence-corrected chi connectivity index (χ2v) is 6.98. The number of hydrogen-bond donors (Lipinski definition) is 0. The first-order valence-electron chi connectivity index (χ1n) is 6.84. The van der Waals surface area contributed by atoms with Gasteiger partial charge in [0.15, 0.2) is 0 Å². The van der Waals surface area contributed by atoms with Gasteiger partial charge >= 0.3 is 0 Å². The van der Waals surface area contributed by atoms with E-state index < -0.39 is 0 Å². The number of aryl methyl sites for hydroxylation is 1. The molecule has 19 heavy (non-hydrogen) atoms. The Morgan fingerprint density at radius 1 is 1.42 bits per heavy atom. The van der Waals surface area contributed by atoms with Crippen molar-refractivity contribution in [3.63, 3.8) is 0 Å². The van der Waals surface area contributed by atoms with Crippen molar-refractivity contribution in [1.82, 2.24) is 9.80 Å². The van der Waals surface area contributed by atoms with Crippen molar-refractivity contribution in [3.8, 4) is 0 Å². The number of rotatable bonds is 4. The number of thiophene rings is 1. The summed E-state index contributed by atoms with van der Waals surface area (Å²) in [6, 6.07) is 4.38. The minimum atomic E-state index is 0.223. The molecule has 2 saturated heterocycles. The Balaban J connectivity index is 1.60. The molecule has 0 aromatic carbocycles. The van der Waals surface area contributed by atoms with Crippen molar-refractivity contribution in [1.29, 1.82) is 0 Å². The predicted molar refractivity (Wildman–Crippen MR) is 78.1 cm³/mol. The Hall–Kier alpha value is -1.13. The number of fused-ring (bicyclic) bond motifs is 1. The largest absolute Gasteiger partial charge is 0.338 e. The highest BCUT2D eigenvalue weighted by atomic mass is 32.1. The Morgan fingerprint density at radius 3 is 2.89 bits per heavy atom. The van der Waals surface area contributed by atoms with Crippen LogP contribution in [-0.4, -0.2) is 41.9 Å². The first-order chi connectivity index (χ1) is 9.17. The Labute approximate surface area is 118 Å². The summed E-state index contributed by atoms with van der Waals surface area (Å²) in [7, 11) is 0. The van der Waals surface area contributed by atoms with E-state index in [1.54, 1.807) is 0 Å². The van der Waals surface area contributed by atoms with E-state index in [0.717, 1.165) is 26.2 Å². The maximum absolute atomic E-state index is 12.2. The fourth-order valence-corrected chi connectivity index (χ4v) is 4.21. The lowest BCUT2D eigenvalue weighted by Crippen LogP contribution is -2.32. The molecule has 0 spiro atoms. The minimum absolute atomic E-state index is 0.223. The van der Waals surface area contributed by atoms with Crippen molar-refractivity contribution >= 4 is 17.2 Å². The molecule has 2 fully saturated rings. The van der Waals surface area contributed by atoms with Gasteiger partial charge in [-0.1, -0.05) is 6.08 Å².